The molecule has 0 radical (unpaired) electrons. The van der Waals surface area contributed by atoms with E-state index < -0.39 is 12.6 Å². The van der Waals surface area contributed by atoms with Crippen LogP contribution in [-0.4, -0.2) is 22.8 Å². The van der Waals surface area contributed by atoms with E-state index in [-0.39, 0.29) is 6.13 Å². The molecule has 0 rings (SSSR count). The molecule has 0 heterocycles. The third-order valence-corrected chi connectivity index (χ3v) is 0.135. The van der Waals surface area contributed by atoms with Crippen LogP contribution in [0.3, 0.4) is 0 Å². The lowest BCUT2D eigenvalue weighted by Crippen LogP contribution is -3.00. The Kier molecular flexibility index (Phi) is 6.56. The Hall–Kier alpha value is -0.640. The third kappa shape index (κ3) is 10.1. The first-order valence-electron chi connectivity index (χ1n) is 1.10. The maximum atomic E-state index is 9.12. The topological polar surface area (TPSA) is 57.5 Å². The first-order chi connectivity index (χ1) is 2.27. The number of carboxylic acids is 1. The second kappa shape index (κ2) is 4.36. The quantitative estimate of drug-likeness (QED) is 0.351. The van der Waals surface area contributed by atoms with Gasteiger partial charge in [0.05, 0.1) is 0 Å². The van der Waals surface area contributed by atoms with Gasteiger partial charge in [-0.15, -0.1) is 0 Å². The van der Waals surface area contributed by atoms with Crippen molar-refractivity contribution in [2.45, 2.75) is 0 Å². The van der Waals surface area contributed by atoms with Gasteiger partial charge in [-0.2, -0.15) is 0 Å². The van der Waals surface area contributed by atoms with Crippen LogP contribution in [0.2, 0.25) is 0 Å². The monoisotopic (exact) mass is 96.0 g/mol. The van der Waals surface area contributed by atoms with E-state index in [9.17, 15) is 0 Å². The predicted octanol–water partition coefficient (Wildman–Crippen LogP) is -3.82. The highest BCUT2D eigenvalue weighted by Gasteiger charge is 1.82. The summed E-state index contributed by atoms with van der Waals surface area (Å²) in [6.07, 6.45) is 0. The summed E-state index contributed by atoms with van der Waals surface area (Å²) in [5, 5.41) is 15.0. The Balaban J connectivity index is -0.0000000800. The Labute approximate surface area is 35.1 Å². The second-order valence-electron chi connectivity index (χ2n) is 0.552. The van der Waals surface area contributed by atoms with E-state index in [1.54, 1.807) is 0 Å². The number of hydrogen-bond acceptors (Lipinski definition) is 2. The molecular formula is C2H5FO3. The van der Waals surface area contributed by atoms with E-state index in [0.29, 0.717) is 0 Å². The molecule has 0 saturated heterocycles. The molecular weight excluding hydrogens is 91.0 g/mol. The lowest BCUT2D eigenvalue weighted by atomic mass is 10.8. The van der Waals surface area contributed by atoms with Gasteiger partial charge in [-0.1, -0.05) is 0 Å². The Bertz CT molecular complexity index is 48.2. The maximum Gasteiger partial charge on any atom is 1.00 e. The van der Waals surface area contributed by atoms with Gasteiger partial charge in [-0.05, 0) is 0 Å². The Morgan fingerprint density at radius 3 is 2.00 bits per heavy atom. The minimum Gasteiger partial charge on any atom is -1.00 e. The van der Waals surface area contributed by atoms with Crippen LogP contribution in [0.4, 0.5) is 0 Å². The van der Waals surface area contributed by atoms with E-state index in [1.165, 1.54) is 0 Å². The van der Waals surface area contributed by atoms with Crippen LogP contribution >= 0.6 is 0 Å². The molecule has 0 fully saturated rings. The minimum absolute atomic E-state index is 0. The van der Waals surface area contributed by atoms with Gasteiger partial charge in [0.25, 0.3) is 0 Å². The normalized spacial score (nSPS) is 6.17. The van der Waals surface area contributed by atoms with Crippen molar-refractivity contribution in [2.24, 2.45) is 0 Å². The van der Waals surface area contributed by atoms with Gasteiger partial charge in [0.1, 0.15) is 6.61 Å². The lowest BCUT2D eigenvalue weighted by Gasteiger charge is -1.72. The first kappa shape index (κ1) is 9.03. The summed E-state index contributed by atoms with van der Waals surface area (Å²) >= 11 is 0. The highest BCUT2D eigenvalue weighted by atomic mass is 19.0. The summed E-state index contributed by atoms with van der Waals surface area (Å²) in [5.41, 5.74) is 0. The molecule has 4 heteroatoms. The second-order valence-corrected chi connectivity index (χ2v) is 0.552. The first-order valence-corrected chi connectivity index (χ1v) is 1.10. The largest absolute Gasteiger partial charge is 1.00 e. The number of hydrogen-bond donors (Lipinski definition) is 2. The standard InChI is InChI=1S/C2H4O3.FH/c3-1-2(4)5;/h3H,1H2,(H,4,5);1H. The van der Waals surface area contributed by atoms with Crippen molar-refractivity contribution in [3.05, 3.63) is 0 Å². The molecule has 0 aromatic heterocycles. The fourth-order valence-electron chi connectivity index (χ4n) is 0. The van der Waals surface area contributed by atoms with Crippen molar-refractivity contribution in [1.82, 2.24) is 0 Å². The van der Waals surface area contributed by atoms with E-state index in [4.69, 9.17) is 15.0 Å². The zero-order chi connectivity index (χ0) is 4.28. The molecule has 6 heavy (non-hydrogen) atoms. The van der Waals surface area contributed by atoms with Crippen molar-refractivity contribution in [2.75, 3.05) is 6.61 Å². The molecule has 0 aromatic rings. The molecule has 0 aliphatic rings. The molecule has 2 N–H and O–H groups in total. The SMILES string of the molecule is O=C(O)CO.[F-].[H+]. The number of carbonyl (C=O) groups is 1. The summed E-state index contributed by atoms with van der Waals surface area (Å²) in [6, 6.07) is 0. The van der Waals surface area contributed by atoms with Gasteiger partial charge in [0.2, 0.25) is 0 Å². The van der Waals surface area contributed by atoms with Crippen molar-refractivity contribution >= 4 is 5.97 Å². The smallest absolute Gasteiger partial charge is 1.00 e. The van der Waals surface area contributed by atoms with E-state index in [1.807, 2.05) is 0 Å². The molecule has 0 spiro atoms. The van der Waals surface area contributed by atoms with E-state index in [2.05, 4.69) is 0 Å². The molecule has 0 unspecified atom stereocenters. The van der Waals surface area contributed by atoms with Crippen LogP contribution in [0.25, 0.3) is 0 Å². The van der Waals surface area contributed by atoms with Gasteiger partial charge in [-0.3, -0.25) is 0 Å². The number of aliphatic hydroxyl groups excluding tert-OH is 1. The molecule has 3 nitrogen and oxygen atoms in total. The fraction of sp³-hybridized carbons (Fsp3) is 0.500. The number of aliphatic carboxylic acids is 1. The highest BCUT2D eigenvalue weighted by molar-refractivity contribution is 5.67. The lowest BCUT2D eigenvalue weighted by molar-refractivity contribution is -0.140. The Morgan fingerprint density at radius 2 is 2.00 bits per heavy atom. The minimum atomic E-state index is -1.19. The number of carboxylic acid groups (broad SMARTS) is 1. The van der Waals surface area contributed by atoms with Crippen molar-refractivity contribution in [3.63, 3.8) is 0 Å². The zero-order valence-electron chi connectivity index (χ0n) is 3.89. The molecule has 0 bridgehead atoms. The molecule has 0 aliphatic carbocycles. The molecule has 38 valence electrons. The Morgan fingerprint density at radius 1 is 1.83 bits per heavy atom. The maximum absolute atomic E-state index is 9.12. The average molecular weight is 96.1 g/mol. The van der Waals surface area contributed by atoms with Gasteiger partial charge in [0.15, 0.2) is 0 Å². The number of halogens is 1. The van der Waals surface area contributed by atoms with Crippen molar-refractivity contribution in [3.8, 4) is 0 Å². The van der Waals surface area contributed by atoms with Crippen LogP contribution in [0.15, 0.2) is 0 Å². The molecule has 0 aliphatic heterocycles. The fourth-order valence-corrected chi connectivity index (χ4v) is 0. The van der Waals surface area contributed by atoms with Crippen molar-refractivity contribution < 1.29 is 21.1 Å². The summed E-state index contributed by atoms with van der Waals surface area (Å²) < 4.78 is 0. The van der Waals surface area contributed by atoms with Crippen LogP contribution in [-0.2, 0) is 4.79 Å². The molecule has 0 saturated carbocycles. The number of aliphatic hydroxyl groups is 1. The highest BCUT2D eigenvalue weighted by Crippen LogP contribution is 1.48. The van der Waals surface area contributed by atoms with E-state index in [0.717, 1.165) is 0 Å². The summed E-state index contributed by atoms with van der Waals surface area (Å²) in [7, 11) is 0. The van der Waals surface area contributed by atoms with Crippen LogP contribution in [0.1, 0.15) is 1.43 Å². The summed E-state index contributed by atoms with van der Waals surface area (Å²) in [5.74, 6) is -1.19. The molecule has 0 aromatic carbocycles. The predicted molar refractivity (Wildman–Crippen MR) is 15.8 cm³/mol. The van der Waals surface area contributed by atoms with Crippen molar-refractivity contribution in [1.29, 1.82) is 0 Å². The van der Waals surface area contributed by atoms with Crippen LogP contribution in [0, 0.1) is 0 Å². The average Bonchev–Trinajstić information content (AvgIpc) is 1.38. The van der Waals surface area contributed by atoms with Gasteiger partial charge in [-0.25, -0.2) is 4.79 Å². The molecule has 0 amide bonds. The number of rotatable bonds is 1. The van der Waals surface area contributed by atoms with Crippen LogP contribution in [0.5, 0.6) is 0 Å². The van der Waals surface area contributed by atoms with E-state index >= 15 is 0 Å². The third-order valence-electron chi connectivity index (χ3n) is 0.135. The zero-order valence-corrected chi connectivity index (χ0v) is 2.89. The molecule has 0 atom stereocenters. The van der Waals surface area contributed by atoms with Gasteiger partial charge < -0.3 is 14.9 Å². The summed E-state index contributed by atoms with van der Waals surface area (Å²) in [4.78, 5) is 9.12. The van der Waals surface area contributed by atoms with Gasteiger partial charge >= 0.3 is 7.40 Å². The summed E-state index contributed by atoms with van der Waals surface area (Å²) in [6.45, 7) is -0.778. The van der Waals surface area contributed by atoms with Crippen LogP contribution < -0.4 is 4.70 Å². The van der Waals surface area contributed by atoms with Gasteiger partial charge in [0, 0.05) is 0 Å².